The molecule has 132 valence electrons. The fourth-order valence-corrected chi connectivity index (χ4v) is 4.91. The van der Waals surface area contributed by atoms with Crippen LogP contribution in [0.15, 0.2) is 24.3 Å². The van der Waals surface area contributed by atoms with E-state index in [-0.39, 0.29) is 22.6 Å². The first kappa shape index (κ1) is 16.4. The lowest BCUT2D eigenvalue weighted by atomic mass is 10.1. The maximum Gasteiger partial charge on any atom is 0.251 e. The van der Waals surface area contributed by atoms with E-state index in [2.05, 4.69) is 10.6 Å². The second-order valence-electron chi connectivity index (χ2n) is 7.08. The number of fused-ring (bicyclic) bond motifs is 1. The third kappa shape index (κ3) is 3.13. The molecule has 2 N–H and O–H groups in total. The molecule has 6 nitrogen and oxygen atoms in total. The summed E-state index contributed by atoms with van der Waals surface area (Å²) in [5.41, 5.74) is 1.12. The molecule has 1 aliphatic carbocycles. The quantitative estimate of drug-likeness (QED) is 0.862. The lowest BCUT2D eigenvalue weighted by molar-refractivity contribution is -0.135. The van der Waals surface area contributed by atoms with Crippen molar-refractivity contribution in [1.29, 1.82) is 0 Å². The molecule has 0 radical (unpaired) electrons. The van der Waals surface area contributed by atoms with Crippen LogP contribution >= 0.6 is 11.8 Å². The maximum absolute atomic E-state index is 12.7. The molecule has 2 heterocycles. The Bertz CT molecular complexity index is 749. The van der Waals surface area contributed by atoms with Crippen molar-refractivity contribution in [2.75, 3.05) is 11.1 Å². The number of thioether (sulfide) groups is 1. The number of hydrogen-bond donors (Lipinski definition) is 2. The minimum absolute atomic E-state index is 0.0465. The molecule has 2 aliphatic heterocycles. The smallest absolute Gasteiger partial charge is 0.251 e. The second kappa shape index (κ2) is 6.05. The summed E-state index contributed by atoms with van der Waals surface area (Å²) in [6.07, 6.45) is 3.36. The van der Waals surface area contributed by atoms with Crippen LogP contribution in [0.1, 0.15) is 43.0 Å². The third-order valence-electron chi connectivity index (χ3n) is 5.05. The van der Waals surface area contributed by atoms with Crippen LogP contribution in [0.5, 0.6) is 0 Å². The van der Waals surface area contributed by atoms with Gasteiger partial charge in [0.05, 0.1) is 4.87 Å². The monoisotopic (exact) mass is 359 g/mol. The molecular formula is C18H21N3O3S. The molecule has 3 aliphatic rings. The van der Waals surface area contributed by atoms with Gasteiger partial charge in [-0.3, -0.25) is 14.4 Å². The van der Waals surface area contributed by atoms with Gasteiger partial charge >= 0.3 is 0 Å². The van der Waals surface area contributed by atoms with Crippen molar-refractivity contribution < 1.29 is 14.4 Å². The molecule has 0 aromatic heterocycles. The van der Waals surface area contributed by atoms with E-state index in [9.17, 15) is 14.4 Å². The minimum Gasteiger partial charge on any atom is -0.349 e. The van der Waals surface area contributed by atoms with Crippen molar-refractivity contribution in [2.24, 2.45) is 0 Å². The molecule has 0 bridgehead atoms. The molecule has 0 unspecified atom stereocenters. The van der Waals surface area contributed by atoms with E-state index in [1.807, 2.05) is 6.92 Å². The van der Waals surface area contributed by atoms with Gasteiger partial charge in [-0.15, -0.1) is 11.8 Å². The molecule has 2 atom stereocenters. The summed E-state index contributed by atoms with van der Waals surface area (Å²) < 4.78 is 0. The van der Waals surface area contributed by atoms with Crippen molar-refractivity contribution in [3.63, 3.8) is 0 Å². The van der Waals surface area contributed by atoms with Gasteiger partial charge in [0.1, 0.15) is 6.04 Å². The Balaban J connectivity index is 1.46. The summed E-state index contributed by atoms with van der Waals surface area (Å²) in [5.74, 6) is 0.351. The average molecular weight is 359 g/mol. The van der Waals surface area contributed by atoms with Crippen molar-refractivity contribution in [2.45, 2.75) is 49.6 Å². The Kier molecular flexibility index (Phi) is 3.98. The fourth-order valence-electron chi connectivity index (χ4n) is 3.47. The highest BCUT2D eigenvalue weighted by Gasteiger charge is 2.52. The molecule has 2 saturated heterocycles. The van der Waals surface area contributed by atoms with Gasteiger partial charge in [-0.1, -0.05) is 6.07 Å². The Labute approximate surface area is 150 Å². The standard InChI is InChI=1S/C18H21N3O3S/c1-18-8-7-15(22)21(18)14(10-25-18)17(24)20-13-4-2-3-11(9-13)16(23)19-12-5-6-12/h2-4,9,12,14H,5-8,10H2,1H3,(H,19,23)(H,20,24)/t14-,18-/m1/s1. The number of nitrogens with one attached hydrogen (secondary N) is 2. The number of anilines is 1. The number of amides is 3. The van der Waals surface area contributed by atoms with Gasteiger partial charge < -0.3 is 15.5 Å². The Morgan fingerprint density at radius 3 is 2.88 bits per heavy atom. The number of rotatable bonds is 4. The van der Waals surface area contributed by atoms with Crippen molar-refractivity contribution >= 4 is 35.2 Å². The van der Waals surface area contributed by atoms with Crippen LogP contribution in [-0.4, -0.2) is 45.3 Å². The van der Waals surface area contributed by atoms with Gasteiger partial charge in [0.15, 0.2) is 0 Å². The van der Waals surface area contributed by atoms with E-state index < -0.39 is 6.04 Å². The molecule has 0 spiro atoms. The second-order valence-corrected chi connectivity index (χ2v) is 8.58. The highest BCUT2D eigenvalue weighted by Crippen LogP contribution is 2.47. The van der Waals surface area contributed by atoms with Crippen molar-refractivity contribution in [1.82, 2.24) is 10.2 Å². The third-order valence-corrected chi connectivity index (χ3v) is 6.56. The lowest BCUT2D eigenvalue weighted by Crippen LogP contribution is -2.48. The van der Waals surface area contributed by atoms with E-state index in [0.29, 0.717) is 29.5 Å². The molecule has 25 heavy (non-hydrogen) atoms. The molecule has 7 heteroatoms. The van der Waals surface area contributed by atoms with Crippen LogP contribution in [-0.2, 0) is 9.59 Å². The van der Waals surface area contributed by atoms with Crippen molar-refractivity contribution in [3.8, 4) is 0 Å². The van der Waals surface area contributed by atoms with Crippen LogP contribution in [0.3, 0.4) is 0 Å². The zero-order valence-corrected chi connectivity index (χ0v) is 14.9. The van der Waals surface area contributed by atoms with Crippen LogP contribution in [0.2, 0.25) is 0 Å². The Morgan fingerprint density at radius 2 is 2.12 bits per heavy atom. The number of carbonyl (C=O) groups is 3. The lowest BCUT2D eigenvalue weighted by Gasteiger charge is -2.29. The zero-order valence-electron chi connectivity index (χ0n) is 14.1. The minimum atomic E-state index is -0.450. The predicted octanol–water partition coefficient (Wildman–Crippen LogP) is 1.97. The normalized spacial score (nSPS) is 28.0. The Morgan fingerprint density at radius 1 is 1.32 bits per heavy atom. The van der Waals surface area contributed by atoms with E-state index >= 15 is 0 Å². The summed E-state index contributed by atoms with van der Waals surface area (Å²) in [6.45, 7) is 2.03. The summed E-state index contributed by atoms with van der Waals surface area (Å²) in [7, 11) is 0. The van der Waals surface area contributed by atoms with Gasteiger partial charge in [-0.2, -0.15) is 0 Å². The first-order chi connectivity index (χ1) is 12.0. The van der Waals surface area contributed by atoms with Gasteiger partial charge in [-0.05, 0) is 44.4 Å². The molecular weight excluding hydrogens is 338 g/mol. The van der Waals surface area contributed by atoms with E-state index in [1.54, 1.807) is 40.9 Å². The maximum atomic E-state index is 12.7. The van der Waals surface area contributed by atoms with Gasteiger partial charge in [0, 0.05) is 29.5 Å². The highest BCUT2D eigenvalue weighted by molar-refractivity contribution is 8.01. The van der Waals surface area contributed by atoms with Gasteiger partial charge in [-0.25, -0.2) is 0 Å². The van der Waals surface area contributed by atoms with E-state index in [1.165, 1.54) is 0 Å². The molecule has 1 aromatic rings. The summed E-state index contributed by atoms with van der Waals surface area (Å²) in [4.78, 5) is 38.5. The zero-order chi connectivity index (χ0) is 17.6. The first-order valence-corrected chi connectivity index (χ1v) is 9.63. The Hall–Kier alpha value is -2.02. The highest BCUT2D eigenvalue weighted by atomic mass is 32.2. The molecule has 4 rings (SSSR count). The first-order valence-electron chi connectivity index (χ1n) is 8.64. The van der Waals surface area contributed by atoms with E-state index in [4.69, 9.17) is 0 Å². The largest absolute Gasteiger partial charge is 0.349 e. The van der Waals surface area contributed by atoms with Crippen LogP contribution in [0.4, 0.5) is 5.69 Å². The topological polar surface area (TPSA) is 78.5 Å². The van der Waals surface area contributed by atoms with E-state index in [0.717, 1.165) is 19.3 Å². The summed E-state index contributed by atoms with van der Waals surface area (Å²) in [6, 6.07) is 6.78. The summed E-state index contributed by atoms with van der Waals surface area (Å²) in [5, 5.41) is 5.81. The predicted molar refractivity (Wildman–Crippen MR) is 96.3 cm³/mol. The fraction of sp³-hybridized carbons (Fsp3) is 0.500. The number of hydrogen-bond acceptors (Lipinski definition) is 4. The molecule has 3 amide bonds. The molecule has 3 fully saturated rings. The number of carbonyl (C=O) groups excluding carboxylic acids is 3. The molecule has 1 saturated carbocycles. The van der Waals surface area contributed by atoms with Crippen LogP contribution in [0.25, 0.3) is 0 Å². The van der Waals surface area contributed by atoms with Crippen LogP contribution < -0.4 is 10.6 Å². The van der Waals surface area contributed by atoms with Gasteiger partial charge in [0.2, 0.25) is 11.8 Å². The number of nitrogens with zero attached hydrogens (tertiary/aromatic N) is 1. The van der Waals surface area contributed by atoms with Crippen molar-refractivity contribution in [3.05, 3.63) is 29.8 Å². The number of benzene rings is 1. The summed E-state index contributed by atoms with van der Waals surface area (Å²) >= 11 is 1.67. The van der Waals surface area contributed by atoms with Gasteiger partial charge in [0.25, 0.3) is 5.91 Å². The van der Waals surface area contributed by atoms with Crippen LogP contribution in [0, 0.1) is 0 Å². The SMILES string of the molecule is C[C@@]12CCC(=O)N1[C@@H](C(=O)Nc1cccc(C(=O)NC3CC3)c1)CS2. The molecule has 1 aromatic carbocycles. The average Bonchev–Trinajstić information content (AvgIpc) is 3.26.